The minimum absolute atomic E-state index is 0.421. The summed E-state index contributed by atoms with van der Waals surface area (Å²) in [6.07, 6.45) is -2.40. The van der Waals surface area contributed by atoms with Crippen LogP contribution in [-0.4, -0.2) is 15.7 Å². The van der Waals surface area contributed by atoms with Crippen LogP contribution in [0.2, 0.25) is 0 Å². The van der Waals surface area contributed by atoms with Crippen LogP contribution in [0.1, 0.15) is 25.1 Å². The first kappa shape index (κ1) is 11.0. The number of aromatic nitrogens is 2. The quantitative estimate of drug-likeness (QED) is 0.822. The summed E-state index contributed by atoms with van der Waals surface area (Å²) in [6, 6.07) is -1.03. The van der Waals surface area contributed by atoms with Crippen molar-refractivity contribution in [1.29, 1.82) is 0 Å². The van der Waals surface area contributed by atoms with E-state index in [9.17, 15) is 13.2 Å². The van der Waals surface area contributed by atoms with E-state index in [1.54, 1.807) is 4.57 Å². The number of alkyl halides is 3. The lowest BCUT2D eigenvalue weighted by atomic mass is 10.1. The number of nitrogens with two attached hydrogens (primary N) is 1. The first-order chi connectivity index (χ1) is 6.44. The van der Waals surface area contributed by atoms with Crippen LogP contribution in [0.5, 0.6) is 0 Å². The molecule has 0 aliphatic rings. The Hall–Kier alpha value is -1.04. The summed E-state index contributed by atoms with van der Waals surface area (Å²) < 4.78 is 37.7. The van der Waals surface area contributed by atoms with Gasteiger partial charge in [-0.25, -0.2) is 4.98 Å². The van der Waals surface area contributed by atoms with Gasteiger partial charge in [-0.15, -0.1) is 0 Å². The number of nitrogens with zero attached hydrogens (tertiary/aromatic N) is 2. The third-order valence-corrected chi connectivity index (χ3v) is 1.92. The molecule has 0 amide bonds. The summed E-state index contributed by atoms with van der Waals surface area (Å²) in [4.78, 5) is 3.76. The van der Waals surface area contributed by atoms with Crippen molar-refractivity contribution in [3.05, 3.63) is 18.2 Å². The maximum atomic E-state index is 12.0. The molecule has 0 aliphatic heterocycles. The molecule has 0 fully saturated rings. The molecule has 0 radical (unpaired) electrons. The van der Waals surface area contributed by atoms with Gasteiger partial charge < -0.3 is 10.3 Å². The SMILES string of the molecule is CCn1cncc1[C@H](N)CC(F)(F)F. The second kappa shape index (κ2) is 4.00. The molecule has 2 N–H and O–H groups in total. The molecule has 0 aliphatic carbocycles. The predicted octanol–water partition coefficient (Wildman–Crippen LogP) is 1.86. The molecular weight excluding hydrogens is 195 g/mol. The van der Waals surface area contributed by atoms with E-state index in [4.69, 9.17) is 5.73 Å². The van der Waals surface area contributed by atoms with Crippen LogP contribution in [-0.2, 0) is 6.54 Å². The highest BCUT2D eigenvalue weighted by molar-refractivity contribution is 5.04. The van der Waals surface area contributed by atoms with Gasteiger partial charge in [-0.05, 0) is 6.92 Å². The lowest BCUT2D eigenvalue weighted by Crippen LogP contribution is -2.22. The Bertz CT molecular complexity index is 292. The molecule has 80 valence electrons. The van der Waals surface area contributed by atoms with E-state index in [-0.39, 0.29) is 0 Å². The molecule has 3 nitrogen and oxygen atoms in total. The average Bonchev–Trinajstić information content (AvgIpc) is 2.47. The van der Waals surface area contributed by atoms with Gasteiger partial charge in [0.1, 0.15) is 0 Å². The van der Waals surface area contributed by atoms with E-state index in [0.717, 1.165) is 0 Å². The van der Waals surface area contributed by atoms with Crippen LogP contribution in [0, 0.1) is 0 Å². The van der Waals surface area contributed by atoms with Gasteiger partial charge >= 0.3 is 6.18 Å². The second-order valence-electron chi connectivity index (χ2n) is 3.03. The zero-order valence-corrected chi connectivity index (χ0v) is 7.75. The largest absolute Gasteiger partial charge is 0.390 e. The molecule has 14 heavy (non-hydrogen) atoms. The molecule has 0 saturated heterocycles. The fraction of sp³-hybridized carbons (Fsp3) is 0.625. The van der Waals surface area contributed by atoms with Gasteiger partial charge in [0.2, 0.25) is 0 Å². The predicted molar refractivity (Wildman–Crippen MR) is 45.5 cm³/mol. The second-order valence-corrected chi connectivity index (χ2v) is 3.03. The van der Waals surface area contributed by atoms with Crippen molar-refractivity contribution < 1.29 is 13.2 Å². The van der Waals surface area contributed by atoms with E-state index in [1.165, 1.54) is 12.5 Å². The summed E-state index contributed by atoms with van der Waals surface area (Å²) in [6.45, 7) is 2.40. The van der Waals surface area contributed by atoms with E-state index in [0.29, 0.717) is 12.2 Å². The maximum Gasteiger partial charge on any atom is 0.390 e. The first-order valence-corrected chi connectivity index (χ1v) is 4.26. The molecule has 0 aromatic carbocycles. The van der Waals surface area contributed by atoms with E-state index < -0.39 is 18.6 Å². The standard InChI is InChI=1S/C8H12F3N3/c1-2-14-5-13-4-7(14)6(12)3-8(9,10)11/h4-6H,2-3,12H2,1H3/t6-/m1/s1. The van der Waals surface area contributed by atoms with Crippen LogP contribution in [0.4, 0.5) is 13.2 Å². The van der Waals surface area contributed by atoms with Crippen LogP contribution in [0.15, 0.2) is 12.5 Å². The summed E-state index contributed by atoms with van der Waals surface area (Å²) >= 11 is 0. The van der Waals surface area contributed by atoms with E-state index >= 15 is 0 Å². The molecule has 0 spiro atoms. The van der Waals surface area contributed by atoms with Crippen molar-refractivity contribution in [2.45, 2.75) is 32.1 Å². The maximum absolute atomic E-state index is 12.0. The minimum Gasteiger partial charge on any atom is -0.333 e. The Labute approximate surface area is 79.7 Å². The normalized spacial score (nSPS) is 14.4. The van der Waals surface area contributed by atoms with Crippen LogP contribution in [0.3, 0.4) is 0 Å². The van der Waals surface area contributed by atoms with Crippen molar-refractivity contribution in [2.75, 3.05) is 0 Å². The van der Waals surface area contributed by atoms with Gasteiger partial charge in [0.05, 0.1) is 24.5 Å². The third kappa shape index (κ3) is 2.73. The first-order valence-electron chi connectivity index (χ1n) is 4.26. The Kier molecular flexibility index (Phi) is 3.15. The highest BCUT2D eigenvalue weighted by atomic mass is 19.4. The zero-order chi connectivity index (χ0) is 10.8. The number of halogens is 3. The van der Waals surface area contributed by atoms with Crippen LogP contribution < -0.4 is 5.73 Å². The van der Waals surface area contributed by atoms with Crippen LogP contribution in [0.25, 0.3) is 0 Å². The molecule has 0 bridgehead atoms. The summed E-state index contributed by atoms with van der Waals surface area (Å²) in [7, 11) is 0. The minimum atomic E-state index is -4.23. The molecule has 1 atom stereocenters. The van der Waals surface area contributed by atoms with Gasteiger partial charge in [0.25, 0.3) is 0 Å². The molecular formula is C8H12F3N3. The van der Waals surface area contributed by atoms with Gasteiger partial charge in [-0.3, -0.25) is 0 Å². The van der Waals surface area contributed by atoms with Gasteiger partial charge in [-0.2, -0.15) is 13.2 Å². The van der Waals surface area contributed by atoms with E-state index in [1.807, 2.05) is 6.92 Å². The Morgan fingerprint density at radius 1 is 1.57 bits per heavy atom. The number of aryl methyl sites for hydroxylation is 1. The van der Waals surface area contributed by atoms with Crippen molar-refractivity contribution in [3.63, 3.8) is 0 Å². The zero-order valence-electron chi connectivity index (χ0n) is 7.75. The number of rotatable bonds is 3. The summed E-state index contributed by atoms with van der Waals surface area (Å²) in [5, 5.41) is 0. The topological polar surface area (TPSA) is 43.8 Å². The smallest absolute Gasteiger partial charge is 0.333 e. The fourth-order valence-electron chi connectivity index (χ4n) is 1.26. The van der Waals surface area contributed by atoms with Gasteiger partial charge in [0, 0.05) is 12.7 Å². The summed E-state index contributed by atoms with van der Waals surface area (Å²) in [5.74, 6) is 0. The Balaban J connectivity index is 2.74. The number of hydrogen-bond donors (Lipinski definition) is 1. The Morgan fingerprint density at radius 3 is 2.71 bits per heavy atom. The average molecular weight is 207 g/mol. The number of imidazole rings is 1. The molecule has 0 unspecified atom stereocenters. The Morgan fingerprint density at radius 2 is 2.21 bits per heavy atom. The van der Waals surface area contributed by atoms with Crippen molar-refractivity contribution in [3.8, 4) is 0 Å². The van der Waals surface area contributed by atoms with Crippen molar-refractivity contribution in [2.24, 2.45) is 5.73 Å². The van der Waals surface area contributed by atoms with Crippen molar-refractivity contribution in [1.82, 2.24) is 9.55 Å². The fourth-order valence-corrected chi connectivity index (χ4v) is 1.26. The molecule has 1 aromatic rings. The lowest BCUT2D eigenvalue weighted by molar-refractivity contribution is -0.138. The third-order valence-electron chi connectivity index (χ3n) is 1.92. The van der Waals surface area contributed by atoms with Crippen LogP contribution >= 0.6 is 0 Å². The number of hydrogen-bond acceptors (Lipinski definition) is 2. The highest BCUT2D eigenvalue weighted by Gasteiger charge is 2.31. The molecule has 1 rings (SSSR count). The molecule has 1 aromatic heterocycles. The van der Waals surface area contributed by atoms with Gasteiger partial charge in [-0.1, -0.05) is 0 Å². The molecule has 1 heterocycles. The highest BCUT2D eigenvalue weighted by Crippen LogP contribution is 2.27. The monoisotopic (exact) mass is 207 g/mol. The summed E-state index contributed by atoms with van der Waals surface area (Å²) in [5.41, 5.74) is 5.84. The van der Waals surface area contributed by atoms with Crippen molar-refractivity contribution >= 4 is 0 Å². The van der Waals surface area contributed by atoms with E-state index in [2.05, 4.69) is 4.98 Å². The lowest BCUT2D eigenvalue weighted by Gasteiger charge is -2.15. The molecule has 6 heteroatoms. The molecule has 0 saturated carbocycles. The van der Waals surface area contributed by atoms with Gasteiger partial charge in [0.15, 0.2) is 0 Å².